The highest BCUT2D eigenvalue weighted by Gasteiger charge is 2.60. The molecule has 0 radical (unpaired) electrons. The maximum atomic E-state index is 12.6. The van der Waals surface area contributed by atoms with Crippen LogP contribution in [0.1, 0.15) is 59.8 Å². The molecule has 0 bridgehead atoms. The van der Waals surface area contributed by atoms with Crippen LogP contribution in [0, 0.1) is 11.8 Å². The molecule has 1 amide bonds. The molecular formula is C16H29NO5. The maximum Gasteiger partial charge on any atom is 0.329 e. The molecule has 1 aliphatic heterocycles. The fraction of sp³-hybridized carbons (Fsp3) is 0.875. The number of carboxylic acid groups (broad SMARTS) is 1. The van der Waals surface area contributed by atoms with Gasteiger partial charge in [0.1, 0.15) is 11.8 Å². The Morgan fingerprint density at radius 3 is 2.36 bits per heavy atom. The quantitative estimate of drug-likeness (QED) is 0.591. The van der Waals surface area contributed by atoms with Crippen LogP contribution in [-0.4, -0.2) is 50.0 Å². The lowest BCUT2D eigenvalue weighted by Gasteiger charge is -2.33. The van der Waals surface area contributed by atoms with Gasteiger partial charge in [0.05, 0.1) is 5.92 Å². The SMILES string of the molecule is CCCCCC[C@@H]1C(=O)N([C@@H](O)C(C)C)[C@@H](C(=O)O)[C@]1(C)O. The lowest BCUT2D eigenvalue weighted by Crippen LogP contribution is -2.54. The van der Waals surface area contributed by atoms with E-state index >= 15 is 0 Å². The second kappa shape index (κ2) is 7.42. The number of aliphatic carboxylic acids is 1. The highest BCUT2D eigenvalue weighted by atomic mass is 16.4. The molecule has 1 aliphatic rings. The normalized spacial score (nSPS) is 30.1. The van der Waals surface area contributed by atoms with Crippen molar-refractivity contribution in [2.45, 2.75) is 77.7 Å². The molecule has 0 saturated carbocycles. The second-order valence-electron chi connectivity index (χ2n) is 6.77. The van der Waals surface area contributed by atoms with Gasteiger partial charge in [0.2, 0.25) is 5.91 Å². The van der Waals surface area contributed by atoms with Crippen LogP contribution in [0.15, 0.2) is 0 Å². The number of likely N-dealkylation sites (tertiary alicyclic amines) is 1. The van der Waals surface area contributed by atoms with Crippen LogP contribution >= 0.6 is 0 Å². The molecule has 6 heteroatoms. The van der Waals surface area contributed by atoms with Crippen molar-refractivity contribution in [3.05, 3.63) is 0 Å². The van der Waals surface area contributed by atoms with Crippen LogP contribution in [-0.2, 0) is 9.59 Å². The zero-order valence-corrected chi connectivity index (χ0v) is 14.0. The molecule has 6 nitrogen and oxygen atoms in total. The van der Waals surface area contributed by atoms with Crippen LogP contribution in [0.2, 0.25) is 0 Å². The molecule has 0 unspecified atom stereocenters. The van der Waals surface area contributed by atoms with Gasteiger partial charge in [-0.2, -0.15) is 0 Å². The van der Waals surface area contributed by atoms with Crippen molar-refractivity contribution in [3.63, 3.8) is 0 Å². The molecule has 22 heavy (non-hydrogen) atoms. The largest absolute Gasteiger partial charge is 0.480 e. The number of amides is 1. The lowest BCUT2D eigenvalue weighted by molar-refractivity contribution is -0.162. The highest BCUT2D eigenvalue weighted by Crippen LogP contribution is 2.40. The van der Waals surface area contributed by atoms with Crippen molar-refractivity contribution in [1.29, 1.82) is 0 Å². The van der Waals surface area contributed by atoms with Gasteiger partial charge in [0.25, 0.3) is 0 Å². The van der Waals surface area contributed by atoms with E-state index in [4.69, 9.17) is 0 Å². The number of hydrogen-bond donors (Lipinski definition) is 3. The summed E-state index contributed by atoms with van der Waals surface area (Å²) in [5.74, 6) is -2.83. The van der Waals surface area contributed by atoms with Crippen molar-refractivity contribution in [2.75, 3.05) is 0 Å². The van der Waals surface area contributed by atoms with E-state index in [2.05, 4.69) is 6.92 Å². The van der Waals surface area contributed by atoms with Crippen molar-refractivity contribution < 1.29 is 24.9 Å². The van der Waals surface area contributed by atoms with Gasteiger partial charge in [0.15, 0.2) is 6.04 Å². The number of hydrogen-bond acceptors (Lipinski definition) is 4. The topological polar surface area (TPSA) is 98.1 Å². The summed E-state index contributed by atoms with van der Waals surface area (Å²) in [5, 5.41) is 30.3. The summed E-state index contributed by atoms with van der Waals surface area (Å²) in [5.41, 5.74) is -1.68. The van der Waals surface area contributed by atoms with Gasteiger partial charge in [-0.05, 0) is 19.3 Å². The Morgan fingerprint density at radius 2 is 1.91 bits per heavy atom. The molecule has 1 fully saturated rings. The van der Waals surface area contributed by atoms with Gasteiger partial charge in [-0.25, -0.2) is 4.79 Å². The molecule has 1 heterocycles. The second-order valence-corrected chi connectivity index (χ2v) is 6.77. The van der Waals surface area contributed by atoms with Crippen LogP contribution in [0.4, 0.5) is 0 Å². The van der Waals surface area contributed by atoms with Gasteiger partial charge in [-0.15, -0.1) is 0 Å². The first-order valence-electron chi connectivity index (χ1n) is 8.11. The number of unbranched alkanes of at least 4 members (excludes halogenated alkanes) is 3. The average molecular weight is 315 g/mol. The van der Waals surface area contributed by atoms with E-state index in [-0.39, 0.29) is 5.92 Å². The summed E-state index contributed by atoms with van der Waals surface area (Å²) in [6.07, 6.45) is 3.05. The third kappa shape index (κ3) is 3.60. The highest BCUT2D eigenvalue weighted by molar-refractivity contribution is 5.91. The van der Waals surface area contributed by atoms with E-state index in [1.807, 2.05) is 0 Å². The van der Waals surface area contributed by atoms with E-state index in [1.54, 1.807) is 13.8 Å². The summed E-state index contributed by atoms with van der Waals surface area (Å²) >= 11 is 0. The summed E-state index contributed by atoms with van der Waals surface area (Å²) in [6, 6.07) is -1.41. The predicted molar refractivity (Wildman–Crippen MR) is 82.0 cm³/mol. The standard InChI is InChI=1S/C16H29NO5/c1-5-6-7-8-9-11-14(19)17(13(18)10(2)3)12(15(20)21)16(11,4)22/h10-13,18,22H,5-9H2,1-4H3,(H,20,21)/t11-,12+,13+,16-/m1/s1. The molecule has 128 valence electrons. The van der Waals surface area contributed by atoms with Crippen molar-refractivity contribution in [3.8, 4) is 0 Å². The Bertz CT molecular complexity index is 407. The smallest absolute Gasteiger partial charge is 0.329 e. The third-order valence-corrected chi connectivity index (χ3v) is 4.55. The van der Waals surface area contributed by atoms with Gasteiger partial charge in [0, 0.05) is 0 Å². The monoisotopic (exact) mass is 315 g/mol. The van der Waals surface area contributed by atoms with E-state index < -0.39 is 35.7 Å². The van der Waals surface area contributed by atoms with Crippen molar-refractivity contribution >= 4 is 11.9 Å². The predicted octanol–water partition coefficient (Wildman–Crippen LogP) is 1.59. The zero-order valence-electron chi connectivity index (χ0n) is 14.0. The first-order valence-corrected chi connectivity index (χ1v) is 8.11. The minimum absolute atomic E-state index is 0.305. The van der Waals surface area contributed by atoms with Gasteiger partial charge in [-0.3, -0.25) is 9.69 Å². The van der Waals surface area contributed by atoms with Crippen LogP contribution in [0.25, 0.3) is 0 Å². The van der Waals surface area contributed by atoms with Crippen molar-refractivity contribution in [1.82, 2.24) is 4.90 Å². The molecule has 0 aromatic rings. The minimum atomic E-state index is -1.68. The van der Waals surface area contributed by atoms with Crippen molar-refractivity contribution in [2.24, 2.45) is 11.8 Å². The van der Waals surface area contributed by atoms with Gasteiger partial charge in [-0.1, -0.05) is 46.5 Å². The molecule has 4 atom stereocenters. The average Bonchev–Trinajstić information content (AvgIpc) is 2.61. The zero-order chi connectivity index (χ0) is 17.1. The molecule has 0 aromatic carbocycles. The number of carboxylic acids is 1. The lowest BCUT2D eigenvalue weighted by atomic mass is 9.83. The number of aliphatic hydroxyl groups excluding tert-OH is 1. The summed E-state index contributed by atoms with van der Waals surface area (Å²) in [6.45, 7) is 6.89. The number of carbonyl (C=O) groups excluding carboxylic acids is 1. The molecule has 1 saturated heterocycles. The number of carbonyl (C=O) groups is 2. The molecular weight excluding hydrogens is 286 g/mol. The van der Waals surface area contributed by atoms with E-state index in [1.165, 1.54) is 6.92 Å². The Hall–Kier alpha value is -1.14. The molecule has 0 aliphatic carbocycles. The number of nitrogens with zero attached hydrogens (tertiary/aromatic N) is 1. The molecule has 0 aromatic heterocycles. The Balaban J connectivity index is 3.00. The summed E-state index contributed by atoms with van der Waals surface area (Å²) in [4.78, 5) is 25.1. The van der Waals surface area contributed by atoms with Gasteiger partial charge >= 0.3 is 5.97 Å². The molecule has 3 N–H and O–H groups in total. The summed E-state index contributed by atoms with van der Waals surface area (Å²) < 4.78 is 0. The van der Waals surface area contributed by atoms with Crippen LogP contribution in [0.3, 0.4) is 0 Å². The van der Waals surface area contributed by atoms with E-state index in [9.17, 15) is 24.9 Å². The fourth-order valence-corrected chi connectivity index (χ4v) is 3.19. The van der Waals surface area contributed by atoms with Gasteiger partial charge < -0.3 is 15.3 Å². The first kappa shape index (κ1) is 18.9. The number of aliphatic hydroxyl groups is 2. The van der Waals surface area contributed by atoms with Crippen LogP contribution in [0.5, 0.6) is 0 Å². The Morgan fingerprint density at radius 1 is 1.32 bits per heavy atom. The Kier molecular flexibility index (Phi) is 6.38. The Labute approximate surface area is 132 Å². The maximum absolute atomic E-state index is 12.6. The van der Waals surface area contributed by atoms with E-state index in [0.717, 1.165) is 30.6 Å². The third-order valence-electron chi connectivity index (χ3n) is 4.55. The summed E-state index contributed by atoms with van der Waals surface area (Å²) in [7, 11) is 0. The number of rotatable bonds is 8. The fourth-order valence-electron chi connectivity index (χ4n) is 3.19. The molecule has 1 rings (SSSR count). The van der Waals surface area contributed by atoms with Crippen LogP contribution < -0.4 is 0 Å². The molecule has 0 spiro atoms. The first-order chi connectivity index (χ1) is 10.2. The minimum Gasteiger partial charge on any atom is -0.480 e. The van der Waals surface area contributed by atoms with E-state index in [0.29, 0.717) is 6.42 Å².